The lowest BCUT2D eigenvalue weighted by Gasteiger charge is -2.19. The normalized spacial score (nSPS) is 19.0. The van der Waals surface area contributed by atoms with Crippen LogP contribution >= 0.6 is 0 Å². The summed E-state index contributed by atoms with van der Waals surface area (Å²) in [6, 6.07) is 12.3. The number of aryl methyl sites for hydroxylation is 1. The fourth-order valence-electron chi connectivity index (χ4n) is 2.75. The number of amides is 2. The van der Waals surface area contributed by atoms with Gasteiger partial charge in [0.2, 0.25) is 0 Å². The molecule has 2 aromatic carbocycles. The van der Waals surface area contributed by atoms with Crippen LogP contribution in [0.4, 0.5) is 5.69 Å². The van der Waals surface area contributed by atoms with Gasteiger partial charge in [-0.3, -0.25) is 9.59 Å². The molecule has 0 radical (unpaired) electrons. The molecule has 0 saturated carbocycles. The predicted octanol–water partition coefficient (Wildman–Crippen LogP) is 2.57. The molecule has 0 aliphatic carbocycles. The number of anilines is 1. The molecule has 23 heavy (non-hydrogen) atoms. The highest BCUT2D eigenvalue weighted by molar-refractivity contribution is 6.34. The Morgan fingerprint density at radius 2 is 1.74 bits per heavy atom. The third-order valence-corrected chi connectivity index (χ3v) is 4.04. The predicted molar refractivity (Wildman–Crippen MR) is 84.0 cm³/mol. The summed E-state index contributed by atoms with van der Waals surface area (Å²) in [6.07, 6.45) is 0.102. The lowest BCUT2D eigenvalue weighted by atomic mass is 10.1. The van der Waals surface area contributed by atoms with Gasteiger partial charge in [-0.25, -0.2) is 4.90 Å². The molecule has 2 aliphatic heterocycles. The Bertz CT molecular complexity index is 775. The second-order valence-electron chi connectivity index (χ2n) is 5.68. The number of nitrogens with zero attached hydrogens (tertiary/aromatic N) is 1. The highest BCUT2D eigenvalue weighted by Crippen LogP contribution is 2.37. The second-order valence-corrected chi connectivity index (χ2v) is 5.68. The summed E-state index contributed by atoms with van der Waals surface area (Å²) >= 11 is 0. The second kappa shape index (κ2) is 5.21. The highest BCUT2D eigenvalue weighted by atomic mass is 16.6. The summed E-state index contributed by atoms with van der Waals surface area (Å²) in [6.45, 7) is 3.00. The van der Waals surface area contributed by atoms with Crippen molar-refractivity contribution in [1.82, 2.24) is 0 Å². The average Bonchev–Trinajstić information content (AvgIpc) is 3.34. The summed E-state index contributed by atoms with van der Waals surface area (Å²) in [5.41, 5.74) is 2.21. The van der Waals surface area contributed by atoms with Crippen LogP contribution in [0.5, 0.6) is 5.75 Å². The third-order valence-electron chi connectivity index (χ3n) is 4.04. The molecule has 1 unspecified atom stereocenters. The highest BCUT2D eigenvalue weighted by Gasteiger charge is 2.38. The van der Waals surface area contributed by atoms with Crippen LogP contribution in [0.15, 0.2) is 42.5 Å². The van der Waals surface area contributed by atoms with Crippen LogP contribution in [-0.2, 0) is 4.74 Å². The number of para-hydroxylation sites is 1. The summed E-state index contributed by atoms with van der Waals surface area (Å²) in [7, 11) is 0. The van der Waals surface area contributed by atoms with Gasteiger partial charge in [0.1, 0.15) is 18.5 Å². The average molecular weight is 309 g/mol. The van der Waals surface area contributed by atoms with Crippen LogP contribution in [0.25, 0.3) is 0 Å². The summed E-state index contributed by atoms with van der Waals surface area (Å²) in [5, 5.41) is 0. The number of carbonyl (C=O) groups is 2. The maximum atomic E-state index is 12.6. The molecule has 2 heterocycles. The van der Waals surface area contributed by atoms with Crippen molar-refractivity contribution in [3.63, 3.8) is 0 Å². The van der Waals surface area contributed by atoms with E-state index in [-0.39, 0.29) is 17.9 Å². The first-order chi connectivity index (χ1) is 11.2. The fourth-order valence-corrected chi connectivity index (χ4v) is 2.75. The van der Waals surface area contributed by atoms with Gasteiger partial charge in [-0.2, -0.15) is 0 Å². The molecule has 2 amide bonds. The maximum absolute atomic E-state index is 12.6. The molecule has 2 aliphatic rings. The molecule has 1 fully saturated rings. The Morgan fingerprint density at radius 3 is 2.35 bits per heavy atom. The summed E-state index contributed by atoms with van der Waals surface area (Å²) < 4.78 is 11.0. The van der Waals surface area contributed by atoms with Gasteiger partial charge in [0.25, 0.3) is 11.8 Å². The molecule has 5 heteroatoms. The Balaban J connectivity index is 1.75. The number of carbonyl (C=O) groups excluding carboxylic acids is 2. The number of hydrogen-bond acceptors (Lipinski definition) is 4. The first-order valence-electron chi connectivity index (χ1n) is 7.48. The van der Waals surface area contributed by atoms with E-state index in [2.05, 4.69) is 0 Å². The van der Waals surface area contributed by atoms with Crippen LogP contribution in [-0.4, -0.2) is 31.1 Å². The van der Waals surface area contributed by atoms with E-state index in [1.165, 1.54) is 4.90 Å². The maximum Gasteiger partial charge on any atom is 0.266 e. The largest absolute Gasteiger partial charge is 0.488 e. The van der Waals surface area contributed by atoms with Gasteiger partial charge in [-0.1, -0.05) is 24.3 Å². The van der Waals surface area contributed by atoms with Gasteiger partial charge < -0.3 is 9.47 Å². The Labute approximate surface area is 133 Å². The smallest absolute Gasteiger partial charge is 0.266 e. The van der Waals surface area contributed by atoms with Gasteiger partial charge in [-0.05, 0) is 30.7 Å². The van der Waals surface area contributed by atoms with Crippen LogP contribution in [0.2, 0.25) is 0 Å². The zero-order valence-electron chi connectivity index (χ0n) is 12.6. The monoisotopic (exact) mass is 309 g/mol. The van der Waals surface area contributed by atoms with Gasteiger partial charge in [-0.15, -0.1) is 0 Å². The minimum Gasteiger partial charge on any atom is -0.488 e. The number of benzene rings is 2. The van der Waals surface area contributed by atoms with E-state index >= 15 is 0 Å². The molecule has 0 aromatic heterocycles. The van der Waals surface area contributed by atoms with Crippen LogP contribution in [0.3, 0.4) is 0 Å². The standard InChI is InChI=1S/C18H15NO4/c1-11-5-4-8-15(16(11)23-10-12-9-22-12)19-17(20)13-6-2-3-7-14(13)18(19)21/h2-8,12H,9-10H2,1H3. The zero-order chi connectivity index (χ0) is 16.0. The number of rotatable bonds is 4. The molecule has 1 atom stereocenters. The van der Waals surface area contributed by atoms with E-state index in [1.54, 1.807) is 30.3 Å². The van der Waals surface area contributed by atoms with Crippen molar-refractivity contribution in [3.05, 3.63) is 59.2 Å². The molecule has 5 nitrogen and oxygen atoms in total. The van der Waals surface area contributed by atoms with Crippen molar-refractivity contribution >= 4 is 17.5 Å². The lowest BCUT2D eigenvalue weighted by Crippen LogP contribution is -2.30. The first-order valence-corrected chi connectivity index (χ1v) is 7.48. The molecular formula is C18H15NO4. The molecular weight excluding hydrogens is 294 g/mol. The van der Waals surface area contributed by atoms with Gasteiger partial charge >= 0.3 is 0 Å². The van der Waals surface area contributed by atoms with E-state index < -0.39 is 0 Å². The topological polar surface area (TPSA) is 59.1 Å². The van der Waals surface area contributed by atoms with Crippen LogP contribution in [0.1, 0.15) is 26.3 Å². The number of ether oxygens (including phenoxy) is 2. The van der Waals surface area contributed by atoms with Crippen molar-refractivity contribution in [1.29, 1.82) is 0 Å². The minimum atomic E-state index is -0.316. The molecule has 0 spiro atoms. The Hall–Kier alpha value is -2.66. The van der Waals surface area contributed by atoms with Crippen molar-refractivity contribution in [2.24, 2.45) is 0 Å². The van der Waals surface area contributed by atoms with E-state index in [0.29, 0.717) is 35.8 Å². The van der Waals surface area contributed by atoms with Crippen molar-refractivity contribution in [2.75, 3.05) is 18.1 Å². The number of fused-ring (bicyclic) bond motifs is 1. The van der Waals surface area contributed by atoms with Crippen LogP contribution < -0.4 is 9.64 Å². The molecule has 4 rings (SSSR count). The van der Waals surface area contributed by atoms with Crippen molar-refractivity contribution in [2.45, 2.75) is 13.0 Å². The van der Waals surface area contributed by atoms with Gasteiger partial charge in [0.05, 0.1) is 23.4 Å². The number of hydrogen-bond donors (Lipinski definition) is 0. The first kappa shape index (κ1) is 14.0. The third kappa shape index (κ3) is 2.29. The Morgan fingerprint density at radius 1 is 1.09 bits per heavy atom. The molecule has 2 aromatic rings. The van der Waals surface area contributed by atoms with E-state index in [1.807, 2.05) is 19.1 Å². The van der Waals surface area contributed by atoms with Crippen molar-refractivity contribution in [3.8, 4) is 5.75 Å². The molecule has 1 saturated heterocycles. The SMILES string of the molecule is Cc1cccc(N2C(=O)c3ccccc3C2=O)c1OCC1CO1. The van der Waals surface area contributed by atoms with Gasteiger partial charge in [0.15, 0.2) is 0 Å². The van der Waals surface area contributed by atoms with E-state index in [4.69, 9.17) is 9.47 Å². The number of epoxide rings is 1. The number of imide groups is 1. The summed E-state index contributed by atoms with van der Waals surface area (Å²) in [4.78, 5) is 26.5. The Kier molecular flexibility index (Phi) is 3.16. The zero-order valence-corrected chi connectivity index (χ0v) is 12.6. The quantitative estimate of drug-likeness (QED) is 0.643. The fraction of sp³-hybridized carbons (Fsp3) is 0.222. The molecule has 116 valence electrons. The van der Waals surface area contributed by atoms with Gasteiger partial charge in [0, 0.05) is 0 Å². The van der Waals surface area contributed by atoms with Crippen LogP contribution in [0, 0.1) is 6.92 Å². The van der Waals surface area contributed by atoms with E-state index in [0.717, 1.165) is 5.56 Å². The van der Waals surface area contributed by atoms with Crippen molar-refractivity contribution < 1.29 is 19.1 Å². The molecule has 0 bridgehead atoms. The molecule has 0 N–H and O–H groups in total. The lowest BCUT2D eigenvalue weighted by molar-refractivity contribution is 0.0925. The van der Waals surface area contributed by atoms with E-state index in [9.17, 15) is 9.59 Å². The minimum absolute atomic E-state index is 0.102. The summed E-state index contributed by atoms with van der Waals surface area (Å²) in [5.74, 6) is -0.0787.